The molecule has 1 aromatic rings. The molecule has 0 unspecified atom stereocenters. The topological polar surface area (TPSA) is 71.3 Å². The van der Waals surface area contributed by atoms with Gasteiger partial charge < -0.3 is 9.67 Å². The van der Waals surface area contributed by atoms with Crippen LogP contribution in [-0.2, 0) is 16.6 Å². The Hall–Kier alpha value is -0.850. The van der Waals surface area contributed by atoms with Crippen molar-refractivity contribution >= 4 is 10.0 Å². The molecular formula is C12H18N2O3S. The number of aliphatic hydroxyl groups is 1. The summed E-state index contributed by atoms with van der Waals surface area (Å²) in [5.41, 5.74) is 0.685. The van der Waals surface area contributed by atoms with E-state index < -0.39 is 10.0 Å². The number of aromatic nitrogens is 1. The Balaban J connectivity index is 1.81. The van der Waals surface area contributed by atoms with Gasteiger partial charge in [0, 0.05) is 24.5 Å². The first kappa shape index (κ1) is 12.2. The van der Waals surface area contributed by atoms with Gasteiger partial charge in [-0.2, -0.15) is 0 Å². The minimum atomic E-state index is -3.41. The third kappa shape index (κ3) is 2.46. The van der Waals surface area contributed by atoms with E-state index in [1.807, 2.05) is 4.57 Å². The molecule has 1 aromatic heterocycles. The van der Waals surface area contributed by atoms with Crippen molar-refractivity contribution in [2.24, 2.45) is 5.92 Å². The standard InChI is InChI=1S/C12H18N2O3S/c15-8-11-5-12(7-14(11)10-3-4-10)18(16,17)13-6-9-1-2-9/h5,7,9-10,13,15H,1-4,6,8H2. The fraction of sp³-hybridized carbons (Fsp3) is 0.667. The Kier molecular flexibility index (Phi) is 2.96. The van der Waals surface area contributed by atoms with Crippen molar-refractivity contribution in [1.29, 1.82) is 0 Å². The zero-order valence-electron chi connectivity index (χ0n) is 10.2. The summed E-state index contributed by atoms with van der Waals surface area (Å²) in [6.45, 7) is 0.417. The molecule has 1 heterocycles. The van der Waals surface area contributed by atoms with Crippen molar-refractivity contribution in [3.05, 3.63) is 18.0 Å². The highest BCUT2D eigenvalue weighted by Crippen LogP contribution is 2.37. The molecule has 0 amide bonds. The SMILES string of the molecule is O=S(=O)(NCC1CC1)c1cc(CO)n(C2CC2)c1. The van der Waals surface area contributed by atoms with E-state index in [4.69, 9.17) is 0 Å². The van der Waals surface area contributed by atoms with Crippen LogP contribution in [0.4, 0.5) is 0 Å². The van der Waals surface area contributed by atoms with E-state index in [2.05, 4.69) is 4.72 Å². The van der Waals surface area contributed by atoms with Gasteiger partial charge in [-0.25, -0.2) is 13.1 Å². The summed E-state index contributed by atoms with van der Waals surface area (Å²) in [5, 5.41) is 9.27. The number of nitrogens with one attached hydrogen (secondary N) is 1. The van der Waals surface area contributed by atoms with Crippen molar-refractivity contribution in [2.45, 2.75) is 43.2 Å². The summed E-state index contributed by atoms with van der Waals surface area (Å²) in [7, 11) is -3.41. The molecule has 0 atom stereocenters. The van der Waals surface area contributed by atoms with Crippen LogP contribution >= 0.6 is 0 Å². The smallest absolute Gasteiger partial charge is 0.242 e. The lowest BCUT2D eigenvalue weighted by molar-refractivity contribution is 0.270. The summed E-state index contributed by atoms with van der Waals surface area (Å²) < 4.78 is 28.7. The van der Waals surface area contributed by atoms with Gasteiger partial charge in [0.2, 0.25) is 10.0 Å². The molecule has 2 aliphatic rings. The van der Waals surface area contributed by atoms with Crippen LogP contribution in [0.5, 0.6) is 0 Å². The first-order valence-electron chi connectivity index (χ1n) is 6.41. The number of nitrogens with zero attached hydrogens (tertiary/aromatic N) is 1. The zero-order chi connectivity index (χ0) is 12.8. The number of aliphatic hydroxyl groups excluding tert-OH is 1. The van der Waals surface area contributed by atoms with Gasteiger partial charge >= 0.3 is 0 Å². The van der Waals surface area contributed by atoms with Crippen LogP contribution in [0.2, 0.25) is 0 Å². The third-order valence-electron chi connectivity index (χ3n) is 3.58. The van der Waals surface area contributed by atoms with Gasteiger partial charge in [-0.15, -0.1) is 0 Å². The average molecular weight is 270 g/mol. The number of hydrogen-bond donors (Lipinski definition) is 2. The number of sulfonamides is 1. The predicted octanol–water partition coefficient (Wildman–Crippen LogP) is 1.00. The molecule has 0 aromatic carbocycles. The van der Waals surface area contributed by atoms with E-state index in [9.17, 15) is 13.5 Å². The van der Waals surface area contributed by atoms with Crippen LogP contribution in [0.3, 0.4) is 0 Å². The van der Waals surface area contributed by atoms with E-state index in [-0.39, 0.29) is 11.5 Å². The zero-order valence-corrected chi connectivity index (χ0v) is 11.0. The maximum atomic E-state index is 12.1. The molecule has 2 saturated carbocycles. The molecule has 0 aliphatic heterocycles. The van der Waals surface area contributed by atoms with Gasteiger partial charge in [-0.1, -0.05) is 0 Å². The van der Waals surface area contributed by atoms with Crippen LogP contribution < -0.4 is 4.72 Å². The maximum Gasteiger partial charge on any atom is 0.242 e. The highest BCUT2D eigenvalue weighted by Gasteiger charge is 2.29. The first-order valence-corrected chi connectivity index (χ1v) is 7.90. The van der Waals surface area contributed by atoms with Gasteiger partial charge in [-0.3, -0.25) is 0 Å². The Morgan fingerprint density at radius 2 is 2.06 bits per heavy atom. The summed E-state index contributed by atoms with van der Waals surface area (Å²) in [4.78, 5) is 0.277. The highest BCUT2D eigenvalue weighted by atomic mass is 32.2. The van der Waals surface area contributed by atoms with Crippen molar-refractivity contribution in [1.82, 2.24) is 9.29 Å². The molecular weight excluding hydrogens is 252 g/mol. The molecule has 0 spiro atoms. The average Bonchev–Trinajstić information content (AvgIpc) is 3.25. The van der Waals surface area contributed by atoms with Gasteiger partial charge in [0.05, 0.1) is 11.5 Å². The largest absolute Gasteiger partial charge is 0.390 e. The van der Waals surface area contributed by atoms with Crippen LogP contribution in [0, 0.1) is 5.92 Å². The molecule has 2 aliphatic carbocycles. The molecule has 0 radical (unpaired) electrons. The van der Waals surface area contributed by atoms with Crippen LogP contribution in [0.15, 0.2) is 17.2 Å². The van der Waals surface area contributed by atoms with Crippen LogP contribution in [0.25, 0.3) is 0 Å². The summed E-state index contributed by atoms with van der Waals surface area (Å²) in [6.07, 6.45) is 6.02. The monoisotopic (exact) mass is 270 g/mol. The predicted molar refractivity (Wildman–Crippen MR) is 66.5 cm³/mol. The summed E-state index contributed by atoms with van der Waals surface area (Å²) in [5.74, 6) is 0.516. The van der Waals surface area contributed by atoms with E-state index >= 15 is 0 Å². The summed E-state index contributed by atoms with van der Waals surface area (Å²) in [6, 6.07) is 1.95. The molecule has 2 N–H and O–H groups in total. The Morgan fingerprint density at radius 1 is 1.33 bits per heavy atom. The van der Waals surface area contributed by atoms with Gasteiger partial charge in [0.25, 0.3) is 0 Å². The fourth-order valence-electron chi connectivity index (χ4n) is 2.10. The normalized spacial score (nSPS) is 20.3. The van der Waals surface area contributed by atoms with E-state index in [1.165, 1.54) is 0 Å². The Labute approximate surface area is 107 Å². The van der Waals surface area contributed by atoms with Gasteiger partial charge in [-0.05, 0) is 37.7 Å². The van der Waals surface area contributed by atoms with Crippen LogP contribution in [0.1, 0.15) is 37.4 Å². The molecule has 0 bridgehead atoms. The molecule has 100 valence electrons. The van der Waals surface area contributed by atoms with Crippen molar-refractivity contribution < 1.29 is 13.5 Å². The number of rotatable bonds is 6. The second kappa shape index (κ2) is 4.36. The van der Waals surface area contributed by atoms with Crippen molar-refractivity contribution in [3.63, 3.8) is 0 Å². The minimum Gasteiger partial charge on any atom is -0.390 e. The molecule has 6 heteroatoms. The lowest BCUT2D eigenvalue weighted by atomic mass is 10.4. The summed E-state index contributed by atoms with van der Waals surface area (Å²) >= 11 is 0. The van der Waals surface area contributed by atoms with Crippen molar-refractivity contribution in [2.75, 3.05) is 6.54 Å². The van der Waals surface area contributed by atoms with E-state index in [0.717, 1.165) is 25.7 Å². The van der Waals surface area contributed by atoms with Gasteiger partial charge in [0.15, 0.2) is 0 Å². The molecule has 3 rings (SSSR count). The molecule has 0 saturated heterocycles. The Bertz CT molecular complexity index is 542. The lowest BCUT2D eigenvalue weighted by Crippen LogP contribution is -2.25. The minimum absolute atomic E-state index is 0.116. The Morgan fingerprint density at radius 3 is 2.61 bits per heavy atom. The molecule has 18 heavy (non-hydrogen) atoms. The number of hydrogen-bond acceptors (Lipinski definition) is 3. The molecule has 5 nitrogen and oxygen atoms in total. The second-order valence-corrected chi connectivity index (χ2v) is 7.03. The second-order valence-electron chi connectivity index (χ2n) is 5.26. The molecule has 2 fully saturated rings. The quantitative estimate of drug-likeness (QED) is 0.810. The van der Waals surface area contributed by atoms with Crippen molar-refractivity contribution in [3.8, 4) is 0 Å². The highest BCUT2D eigenvalue weighted by molar-refractivity contribution is 7.89. The lowest BCUT2D eigenvalue weighted by Gasteiger charge is -2.04. The van der Waals surface area contributed by atoms with Crippen LogP contribution in [-0.4, -0.2) is 24.6 Å². The maximum absolute atomic E-state index is 12.1. The van der Waals surface area contributed by atoms with E-state index in [0.29, 0.717) is 24.2 Å². The van der Waals surface area contributed by atoms with E-state index in [1.54, 1.807) is 12.3 Å². The first-order chi connectivity index (χ1) is 8.60. The fourth-order valence-corrected chi connectivity index (χ4v) is 3.26. The third-order valence-corrected chi connectivity index (χ3v) is 4.97. The van der Waals surface area contributed by atoms with Gasteiger partial charge in [0.1, 0.15) is 0 Å².